The Balaban J connectivity index is 1.58. The van der Waals surface area contributed by atoms with E-state index in [0.29, 0.717) is 23.6 Å². The van der Waals surface area contributed by atoms with E-state index in [0.717, 1.165) is 27.7 Å². The first kappa shape index (κ1) is 24.3. The number of nitrogens with one attached hydrogen (secondary N) is 1. The monoisotopic (exact) mass is 495 g/mol. The number of fused-ring (bicyclic) bond motifs is 1. The summed E-state index contributed by atoms with van der Waals surface area (Å²) in [6, 6.07) is 22.3. The Kier molecular flexibility index (Phi) is 6.77. The van der Waals surface area contributed by atoms with E-state index in [1.165, 1.54) is 0 Å². The molecule has 7 nitrogen and oxygen atoms in total. The van der Waals surface area contributed by atoms with E-state index < -0.39 is 12.0 Å². The number of rotatable bonds is 6. The van der Waals surface area contributed by atoms with Gasteiger partial charge >= 0.3 is 0 Å². The van der Waals surface area contributed by atoms with Gasteiger partial charge in [0.25, 0.3) is 0 Å². The third kappa shape index (κ3) is 4.72. The van der Waals surface area contributed by atoms with Gasteiger partial charge in [-0.05, 0) is 67.4 Å². The van der Waals surface area contributed by atoms with Crippen molar-refractivity contribution >= 4 is 34.1 Å². The summed E-state index contributed by atoms with van der Waals surface area (Å²) in [5.74, 6) is 0.451. The molecule has 1 aliphatic rings. The van der Waals surface area contributed by atoms with Crippen LogP contribution >= 0.6 is 0 Å². The molecule has 0 radical (unpaired) electrons. The molecule has 37 heavy (non-hydrogen) atoms. The zero-order valence-electron chi connectivity index (χ0n) is 21.1. The van der Waals surface area contributed by atoms with Gasteiger partial charge in [0.2, 0.25) is 11.8 Å². The molecule has 1 fully saturated rings. The Hall–Kier alpha value is -4.39. The highest BCUT2D eigenvalue weighted by molar-refractivity contribution is 6.04. The summed E-state index contributed by atoms with van der Waals surface area (Å²) in [4.78, 5) is 33.4. The van der Waals surface area contributed by atoms with Crippen molar-refractivity contribution in [3.63, 3.8) is 0 Å². The van der Waals surface area contributed by atoms with Gasteiger partial charge < -0.3 is 19.7 Å². The summed E-state index contributed by atoms with van der Waals surface area (Å²) in [6.07, 6.45) is 2.43. The minimum atomic E-state index is -0.531. The number of piperidine rings is 1. The van der Waals surface area contributed by atoms with E-state index in [2.05, 4.69) is 10.3 Å². The first-order valence-corrected chi connectivity index (χ1v) is 12.3. The number of amides is 2. The molecule has 0 saturated carbocycles. The van der Waals surface area contributed by atoms with Crippen molar-refractivity contribution in [3.8, 4) is 11.5 Å². The second-order valence-electron chi connectivity index (χ2n) is 9.17. The molecule has 1 N–H and O–H groups in total. The number of benzene rings is 3. The van der Waals surface area contributed by atoms with E-state index in [1.807, 2.05) is 79.7 Å². The van der Waals surface area contributed by atoms with Gasteiger partial charge in [-0.15, -0.1) is 0 Å². The number of carbonyl (C=O) groups excluding carboxylic acids is 2. The quantitative estimate of drug-likeness (QED) is 0.372. The Morgan fingerprint density at radius 2 is 1.76 bits per heavy atom. The maximum Gasteiger partial charge on any atom is 0.229 e. The third-order valence-corrected chi connectivity index (χ3v) is 6.90. The molecular formula is C30H29N3O4. The highest BCUT2D eigenvalue weighted by Crippen LogP contribution is 2.43. The number of nitrogens with zero attached hydrogens (tertiary/aromatic N) is 2. The number of hydrogen-bond acceptors (Lipinski definition) is 5. The molecule has 0 aliphatic carbocycles. The standard InChI is InChI=1S/C30H29N3O4/c1-19-9-12-21(13-10-19)33-28(34)16-14-23(29(33)20-11-15-26(36-2)27(18-20)37-3)30(35)32-25-8-4-7-24-22(25)6-5-17-31-24/h4-13,15,17-18,23,29H,14,16H2,1-3H3,(H,32,35). The van der Waals surface area contributed by atoms with Crippen molar-refractivity contribution < 1.29 is 19.1 Å². The first-order valence-electron chi connectivity index (χ1n) is 12.3. The summed E-state index contributed by atoms with van der Waals surface area (Å²) in [5, 5.41) is 3.99. The summed E-state index contributed by atoms with van der Waals surface area (Å²) in [7, 11) is 3.15. The molecule has 2 amide bonds. The van der Waals surface area contributed by atoms with Gasteiger partial charge in [0.1, 0.15) is 0 Å². The molecule has 1 aliphatic heterocycles. The van der Waals surface area contributed by atoms with Crippen molar-refractivity contribution in [3.05, 3.63) is 90.1 Å². The van der Waals surface area contributed by atoms with E-state index in [-0.39, 0.29) is 18.2 Å². The number of aryl methyl sites for hydroxylation is 1. The molecule has 5 rings (SSSR count). The number of anilines is 2. The van der Waals surface area contributed by atoms with E-state index in [9.17, 15) is 9.59 Å². The summed E-state index contributed by atoms with van der Waals surface area (Å²) in [6.45, 7) is 2.00. The number of methoxy groups -OCH3 is 2. The van der Waals surface area contributed by atoms with Gasteiger partial charge in [-0.1, -0.05) is 29.8 Å². The molecule has 188 valence electrons. The lowest BCUT2D eigenvalue weighted by Crippen LogP contribution is -2.47. The smallest absolute Gasteiger partial charge is 0.229 e. The molecule has 0 bridgehead atoms. The minimum Gasteiger partial charge on any atom is -0.493 e. The zero-order valence-corrected chi connectivity index (χ0v) is 21.1. The van der Waals surface area contributed by atoms with E-state index >= 15 is 0 Å². The lowest BCUT2D eigenvalue weighted by atomic mass is 9.83. The topological polar surface area (TPSA) is 80.8 Å². The van der Waals surface area contributed by atoms with Crippen molar-refractivity contribution in [2.24, 2.45) is 5.92 Å². The molecule has 1 saturated heterocycles. The predicted octanol–water partition coefficient (Wildman–Crippen LogP) is 5.68. The van der Waals surface area contributed by atoms with Crippen LogP contribution in [-0.2, 0) is 9.59 Å². The minimum absolute atomic E-state index is 0.0259. The van der Waals surface area contributed by atoms with Crippen LogP contribution in [0.4, 0.5) is 11.4 Å². The van der Waals surface area contributed by atoms with Crippen molar-refractivity contribution in [2.45, 2.75) is 25.8 Å². The van der Waals surface area contributed by atoms with Crippen LogP contribution in [0.5, 0.6) is 11.5 Å². The number of aromatic nitrogens is 1. The average Bonchev–Trinajstić information content (AvgIpc) is 2.93. The Morgan fingerprint density at radius 1 is 0.973 bits per heavy atom. The van der Waals surface area contributed by atoms with Gasteiger partial charge in [-0.25, -0.2) is 0 Å². The number of carbonyl (C=O) groups is 2. The third-order valence-electron chi connectivity index (χ3n) is 6.90. The highest BCUT2D eigenvalue weighted by Gasteiger charge is 2.42. The maximum atomic E-state index is 13.9. The summed E-state index contributed by atoms with van der Waals surface area (Å²) >= 11 is 0. The maximum absolute atomic E-state index is 13.9. The van der Waals surface area contributed by atoms with Gasteiger partial charge in [0.05, 0.1) is 37.4 Å². The van der Waals surface area contributed by atoms with Gasteiger partial charge in [-0.2, -0.15) is 0 Å². The fourth-order valence-corrected chi connectivity index (χ4v) is 5.03. The molecule has 1 aromatic heterocycles. The van der Waals surface area contributed by atoms with Crippen LogP contribution in [-0.4, -0.2) is 31.0 Å². The molecule has 0 spiro atoms. The molecule has 2 atom stereocenters. The lowest BCUT2D eigenvalue weighted by Gasteiger charge is -2.41. The van der Waals surface area contributed by atoms with Gasteiger partial charge in [0, 0.05) is 23.7 Å². The van der Waals surface area contributed by atoms with Crippen LogP contribution in [0.3, 0.4) is 0 Å². The Morgan fingerprint density at radius 3 is 2.51 bits per heavy atom. The number of hydrogen-bond donors (Lipinski definition) is 1. The fraction of sp³-hybridized carbons (Fsp3) is 0.233. The Bertz CT molecular complexity index is 1450. The average molecular weight is 496 g/mol. The first-order chi connectivity index (χ1) is 18.0. The van der Waals surface area contributed by atoms with Crippen molar-refractivity contribution in [1.82, 2.24) is 4.98 Å². The molecule has 3 aromatic carbocycles. The highest BCUT2D eigenvalue weighted by atomic mass is 16.5. The second kappa shape index (κ2) is 10.3. The van der Waals surface area contributed by atoms with Crippen LogP contribution in [0.15, 0.2) is 79.0 Å². The predicted molar refractivity (Wildman–Crippen MR) is 144 cm³/mol. The van der Waals surface area contributed by atoms with Crippen molar-refractivity contribution in [2.75, 3.05) is 24.4 Å². The molecule has 4 aromatic rings. The molecule has 2 unspecified atom stereocenters. The molecular weight excluding hydrogens is 466 g/mol. The Labute approximate surface area is 216 Å². The van der Waals surface area contributed by atoms with Crippen LogP contribution < -0.4 is 19.7 Å². The zero-order chi connectivity index (χ0) is 25.9. The van der Waals surface area contributed by atoms with E-state index in [1.54, 1.807) is 25.3 Å². The summed E-state index contributed by atoms with van der Waals surface area (Å²) < 4.78 is 11.0. The van der Waals surface area contributed by atoms with Crippen LogP contribution in [0.1, 0.15) is 30.0 Å². The largest absolute Gasteiger partial charge is 0.493 e. The van der Waals surface area contributed by atoms with Crippen molar-refractivity contribution in [1.29, 1.82) is 0 Å². The van der Waals surface area contributed by atoms with Gasteiger partial charge in [-0.3, -0.25) is 14.6 Å². The van der Waals surface area contributed by atoms with Crippen LogP contribution in [0, 0.1) is 12.8 Å². The van der Waals surface area contributed by atoms with E-state index in [4.69, 9.17) is 9.47 Å². The fourth-order valence-electron chi connectivity index (χ4n) is 5.03. The van der Waals surface area contributed by atoms with Gasteiger partial charge in [0.15, 0.2) is 11.5 Å². The second-order valence-corrected chi connectivity index (χ2v) is 9.17. The lowest BCUT2D eigenvalue weighted by molar-refractivity contribution is -0.125. The SMILES string of the molecule is COc1ccc(C2C(C(=O)Nc3cccc4ncccc34)CCC(=O)N2c2ccc(C)cc2)cc1OC. The number of pyridine rings is 1. The summed E-state index contributed by atoms with van der Waals surface area (Å²) in [5.41, 5.74) is 4.14. The number of ether oxygens (including phenoxy) is 2. The molecule has 2 heterocycles. The normalized spacial score (nSPS) is 17.5. The van der Waals surface area contributed by atoms with Crippen LogP contribution in [0.25, 0.3) is 10.9 Å². The van der Waals surface area contributed by atoms with Crippen LogP contribution in [0.2, 0.25) is 0 Å². The molecule has 7 heteroatoms.